The van der Waals surface area contributed by atoms with Crippen molar-refractivity contribution in [2.45, 2.75) is 51.4 Å². The van der Waals surface area contributed by atoms with E-state index in [1.807, 2.05) is 18.7 Å². The zero-order valence-electron chi connectivity index (χ0n) is 11.9. The zero-order chi connectivity index (χ0) is 14.7. The molecule has 0 aromatic carbocycles. The van der Waals surface area contributed by atoms with Crippen molar-refractivity contribution in [3.05, 3.63) is 0 Å². The monoisotopic (exact) mass is 282 g/mol. The standard InChI is InChI=1S/C13H25F3N2O/c1-10(2)17-8-12(3,19)9-18-6-4-11(5-7-18)13(14,15)16/h10-11,17,19H,4-9H2,1-3H3. The molecule has 19 heavy (non-hydrogen) atoms. The lowest BCUT2D eigenvalue weighted by Gasteiger charge is -2.37. The van der Waals surface area contributed by atoms with Crippen LogP contribution in [0.2, 0.25) is 0 Å². The number of nitrogens with one attached hydrogen (secondary N) is 1. The van der Waals surface area contributed by atoms with E-state index in [2.05, 4.69) is 5.32 Å². The molecule has 1 rings (SSSR count). The maximum atomic E-state index is 12.5. The number of alkyl halides is 3. The van der Waals surface area contributed by atoms with Crippen LogP contribution in [-0.2, 0) is 0 Å². The lowest BCUT2D eigenvalue weighted by Crippen LogP contribution is -2.51. The van der Waals surface area contributed by atoms with Crippen molar-refractivity contribution < 1.29 is 18.3 Å². The topological polar surface area (TPSA) is 35.5 Å². The van der Waals surface area contributed by atoms with Crippen LogP contribution in [0.25, 0.3) is 0 Å². The molecule has 1 aliphatic heterocycles. The van der Waals surface area contributed by atoms with Gasteiger partial charge in [-0.05, 0) is 32.9 Å². The molecule has 0 aromatic heterocycles. The maximum Gasteiger partial charge on any atom is 0.391 e. The Balaban J connectivity index is 2.36. The normalized spacial score (nSPS) is 22.7. The Morgan fingerprint density at radius 2 is 1.79 bits per heavy atom. The summed E-state index contributed by atoms with van der Waals surface area (Å²) in [6.07, 6.45) is -3.80. The van der Waals surface area contributed by atoms with Crippen LogP contribution in [0.15, 0.2) is 0 Å². The predicted octanol–water partition coefficient (Wildman–Crippen LogP) is 2.01. The van der Waals surface area contributed by atoms with Gasteiger partial charge in [-0.1, -0.05) is 13.8 Å². The third-order valence-electron chi connectivity index (χ3n) is 3.51. The van der Waals surface area contributed by atoms with Gasteiger partial charge >= 0.3 is 6.18 Å². The van der Waals surface area contributed by atoms with Crippen molar-refractivity contribution in [2.75, 3.05) is 26.2 Å². The van der Waals surface area contributed by atoms with Gasteiger partial charge in [0, 0.05) is 19.1 Å². The Kier molecular flexibility index (Phi) is 5.65. The van der Waals surface area contributed by atoms with Crippen molar-refractivity contribution in [2.24, 2.45) is 5.92 Å². The van der Waals surface area contributed by atoms with Crippen LogP contribution in [0.1, 0.15) is 33.6 Å². The Hall–Kier alpha value is -0.330. The predicted molar refractivity (Wildman–Crippen MR) is 69.0 cm³/mol. The fourth-order valence-corrected chi connectivity index (χ4v) is 2.38. The summed E-state index contributed by atoms with van der Waals surface area (Å²) >= 11 is 0. The van der Waals surface area contributed by atoms with Gasteiger partial charge in [0.25, 0.3) is 0 Å². The smallest absolute Gasteiger partial charge is 0.388 e. The van der Waals surface area contributed by atoms with Crippen LogP contribution in [0.4, 0.5) is 13.2 Å². The molecule has 1 unspecified atom stereocenters. The minimum Gasteiger partial charge on any atom is -0.388 e. The summed E-state index contributed by atoms with van der Waals surface area (Å²) in [5.74, 6) is -1.18. The van der Waals surface area contributed by atoms with Gasteiger partial charge in [0.1, 0.15) is 0 Å². The minimum atomic E-state index is -4.08. The summed E-state index contributed by atoms with van der Waals surface area (Å²) in [7, 11) is 0. The van der Waals surface area contributed by atoms with E-state index in [0.29, 0.717) is 26.2 Å². The number of halogens is 3. The molecule has 1 fully saturated rings. The van der Waals surface area contributed by atoms with Crippen LogP contribution in [0, 0.1) is 5.92 Å². The summed E-state index contributed by atoms with van der Waals surface area (Å²) in [6, 6.07) is 0.280. The van der Waals surface area contributed by atoms with Gasteiger partial charge in [0.2, 0.25) is 0 Å². The Morgan fingerprint density at radius 1 is 1.26 bits per heavy atom. The van der Waals surface area contributed by atoms with E-state index in [-0.39, 0.29) is 18.9 Å². The number of aliphatic hydroxyl groups is 1. The molecule has 6 heteroatoms. The number of hydrogen-bond donors (Lipinski definition) is 2. The second kappa shape index (κ2) is 6.41. The SMILES string of the molecule is CC(C)NCC(C)(O)CN1CCC(C(F)(F)F)CC1. The Bertz CT molecular complexity index is 272. The van der Waals surface area contributed by atoms with Gasteiger partial charge in [-0.15, -0.1) is 0 Å². The minimum absolute atomic E-state index is 0.136. The number of nitrogens with zero attached hydrogens (tertiary/aromatic N) is 1. The lowest BCUT2D eigenvalue weighted by atomic mass is 9.95. The van der Waals surface area contributed by atoms with Gasteiger partial charge in [-0.25, -0.2) is 0 Å². The first-order valence-corrected chi connectivity index (χ1v) is 6.85. The highest BCUT2D eigenvalue weighted by Gasteiger charge is 2.41. The fraction of sp³-hybridized carbons (Fsp3) is 1.00. The highest BCUT2D eigenvalue weighted by Crippen LogP contribution is 2.34. The van der Waals surface area contributed by atoms with E-state index < -0.39 is 17.7 Å². The van der Waals surface area contributed by atoms with Gasteiger partial charge in [-0.2, -0.15) is 13.2 Å². The van der Waals surface area contributed by atoms with Gasteiger partial charge in [-0.3, -0.25) is 0 Å². The molecule has 0 spiro atoms. The Morgan fingerprint density at radius 3 is 2.21 bits per heavy atom. The molecular formula is C13H25F3N2O. The zero-order valence-corrected chi connectivity index (χ0v) is 11.9. The van der Waals surface area contributed by atoms with Gasteiger partial charge in [0.05, 0.1) is 11.5 Å². The quantitative estimate of drug-likeness (QED) is 0.809. The summed E-state index contributed by atoms with van der Waals surface area (Å²) in [5, 5.41) is 13.4. The highest BCUT2D eigenvalue weighted by atomic mass is 19.4. The molecule has 1 aliphatic rings. The first kappa shape index (κ1) is 16.7. The van der Waals surface area contributed by atoms with E-state index in [1.54, 1.807) is 6.92 Å². The summed E-state index contributed by atoms with van der Waals surface area (Å²) in [4.78, 5) is 1.92. The molecule has 0 saturated carbocycles. The number of β-amino-alcohol motifs (C(OH)–C–C–N with tert-alkyl or cyclic N) is 1. The number of hydrogen-bond acceptors (Lipinski definition) is 3. The molecule has 1 saturated heterocycles. The maximum absolute atomic E-state index is 12.5. The molecule has 0 radical (unpaired) electrons. The number of rotatable bonds is 5. The number of piperidine rings is 1. The molecule has 3 nitrogen and oxygen atoms in total. The molecule has 0 aromatic rings. The average molecular weight is 282 g/mol. The number of likely N-dealkylation sites (tertiary alicyclic amines) is 1. The van der Waals surface area contributed by atoms with Gasteiger partial charge in [0.15, 0.2) is 0 Å². The second-order valence-electron chi connectivity index (χ2n) is 6.12. The highest BCUT2D eigenvalue weighted by molar-refractivity contribution is 4.84. The second-order valence-corrected chi connectivity index (χ2v) is 6.12. The molecule has 2 N–H and O–H groups in total. The largest absolute Gasteiger partial charge is 0.391 e. The fourth-order valence-electron chi connectivity index (χ4n) is 2.38. The van der Waals surface area contributed by atoms with E-state index in [4.69, 9.17) is 0 Å². The molecule has 1 atom stereocenters. The van der Waals surface area contributed by atoms with Crippen molar-refractivity contribution >= 4 is 0 Å². The van der Waals surface area contributed by atoms with Crippen molar-refractivity contribution in [1.82, 2.24) is 10.2 Å². The molecule has 1 heterocycles. The van der Waals surface area contributed by atoms with E-state index >= 15 is 0 Å². The van der Waals surface area contributed by atoms with Crippen LogP contribution >= 0.6 is 0 Å². The Labute approximate surface area is 113 Å². The summed E-state index contributed by atoms with van der Waals surface area (Å²) in [5.41, 5.74) is -0.907. The third-order valence-corrected chi connectivity index (χ3v) is 3.51. The van der Waals surface area contributed by atoms with Gasteiger partial charge < -0.3 is 15.3 Å². The van der Waals surface area contributed by atoms with E-state index in [1.165, 1.54) is 0 Å². The van der Waals surface area contributed by atoms with E-state index in [0.717, 1.165) is 0 Å². The van der Waals surface area contributed by atoms with Crippen LogP contribution in [0.5, 0.6) is 0 Å². The van der Waals surface area contributed by atoms with Crippen LogP contribution in [0.3, 0.4) is 0 Å². The molecule has 0 amide bonds. The summed E-state index contributed by atoms with van der Waals surface area (Å²) < 4.78 is 37.6. The van der Waals surface area contributed by atoms with E-state index in [9.17, 15) is 18.3 Å². The molecule has 0 aliphatic carbocycles. The van der Waals surface area contributed by atoms with Crippen molar-refractivity contribution in [1.29, 1.82) is 0 Å². The lowest BCUT2D eigenvalue weighted by molar-refractivity contribution is -0.186. The van der Waals surface area contributed by atoms with Crippen LogP contribution in [-0.4, -0.2) is 54.0 Å². The van der Waals surface area contributed by atoms with Crippen LogP contribution < -0.4 is 5.32 Å². The molecule has 0 bridgehead atoms. The first-order valence-electron chi connectivity index (χ1n) is 6.85. The third kappa shape index (κ3) is 6.10. The van der Waals surface area contributed by atoms with Crippen molar-refractivity contribution in [3.63, 3.8) is 0 Å². The van der Waals surface area contributed by atoms with Crippen molar-refractivity contribution in [3.8, 4) is 0 Å². The first-order chi connectivity index (χ1) is 8.60. The average Bonchev–Trinajstić information content (AvgIpc) is 2.25. The molecule has 114 valence electrons. The molecular weight excluding hydrogens is 257 g/mol. The summed E-state index contributed by atoms with van der Waals surface area (Å²) in [6.45, 7) is 7.37.